The molecule has 0 atom stereocenters. The van der Waals surface area contributed by atoms with Gasteiger partial charge >= 0.3 is 0 Å². The number of ether oxygens (including phenoxy) is 1. The number of benzene rings is 2. The molecule has 124 valence electrons. The van der Waals surface area contributed by atoms with E-state index in [4.69, 9.17) is 27.9 Å². The number of nitrogens with zero attached hydrogens (tertiary/aromatic N) is 2. The molecule has 0 aromatic heterocycles. The predicted molar refractivity (Wildman–Crippen MR) is 91.5 cm³/mol. The van der Waals surface area contributed by atoms with Crippen molar-refractivity contribution >= 4 is 40.5 Å². The van der Waals surface area contributed by atoms with Crippen LogP contribution in [0, 0.1) is 10.1 Å². The molecule has 1 heterocycles. The highest BCUT2D eigenvalue weighted by Gasteiger charge is 2.31. The maximum absolute atomic E-state index is 13.0. The molecule has 6 nitrogen and oxygen atoms in total. The van der Waals surface area contributed by atoms with E-state index in [1.807, 2.05) is 0 Å². The molecule has 24 heavy (non-hydrogen) atoms. The minimum Gasteiger partial charge on any atom is -0.494 e. The number of anilines is 1. The van der Waals surface area contributed by atoms with Crippen LogP contribution in [-0.2, 0) is 6.42 Å². The number of methoxy groups -OCH3 is 1. The summed E-state index contributed by atoms with van der Waals surface area (Å²) in [5.41, 5.74) is 1.45. The molecule has 0 spiro atoms. The summed E-state index contributed by atoms with van der Waals surface area (Å²) in [5, 5.41) is 11.5. The van der Waals surface area contributed by atoms with Gasteiger partial charge in [0.05, 0.1) is 27.8 Å². The Morgan fingerprint density at radius 3 is 2.62 bits per heavy atom. The first-order valence-electron chi connectivity index (χ1n) is 7.05. The van der Waals surface area contributed by atoms with Crippen LogP contribution in [0.25, 0.3) is 0 Å². The highest BCUT2D eigenvalue weighted by atomic mass is 35.5. The van der Waals surface area contributed by atoms with Gasteiger partial charge in [-0.05, 0) is 24.1 Å². The summed E-state index contributed by atoms with van der Waals surface area (Å²) in [6.07, 6.45) is 0.611. The third-order valence-corrected chi connectivity index (χ3v) is 4.51. The highest BCUT2D eigenvalue weighted by molar-refractivity contribution is 6.38. The Morgan fingerprint density at radius 1 is 1.25 bits per heavy atom. The lowest BCUT2D eigenvalue weighted by atomic mass is 10.1. The number of hydrogen-bond acceptors (Lipinski definition) is 4. The molecule has 1 aliphatic rings. The fourth-order valence-electron chi connectivity index (χ4n) is 2.76. The molecule has 2 aromatic carbocycles. The minimum atomic E-state index is -0.492. The summed E-state index contributed by atoms with van der Waals surface area (Å²) in [6, 6.07) is 7.55. The Bertz CT molecular complexity index is 854. The van der Waals surface area contributed by atoms with Crippen LogP contribution >= 0.6 is 23.2 Å². The van der Waals surface area contributed by atoms with E-state index in [0.29, 0.717) is 18.7 Å². The SMILES string of the molecule is COc1c(Cl)ccc(Cl)c1C(=O)N1CCc2ccc([N+](=O)[O-])cc21. The summed E-state index contributed by atoms with van der Waals surface area (Å²) in [5.74, 6) is -0.216. The number of rotatable bonds is 3. The van der Waals surface area contributed by atoms with Crippen LogP contribution in [0.2, 0.25) is 10.0 Å². The van der Waals surface area contributed by atoms with E-state index in [-0.39, 0.29) is 27.0 Å². The third kappa shape index (κ3) is 2.68. The summed E-state index contributed by atoms with van der Waals surface area (Å²) >= 11 is 12.2. The molecule has 8 heteroatoms. The van der Waals surface area contributed by atoms with Gasteiger partial charge in [0.25, 0.3) is 11.6 Å². The zero-order valence-corrected chi connectivity index (χ0v) is 14.1. The van der Waals surface area contributed by atoms with E-state index in [1.165, 1.54) is 30.2 Å². The van der Waals surface area contributed by atoms with E-state index in [9.17, 15) is 14.9 Å². The fraction of sp³-hybridized carbons (Fsp3) is 0.188. The number of carbonyl (C=O) groups excluding carboxylic acids is 1. The number of halogens is 2. The Morgan fingerprint density at radius 2 is 1.96 bits per heavy atom. The topological polar surface area (TPSA) is 72.7 Å². The summed E-state index contributed by atoms with van der Waals surface area (Å²) in [6.45, 7) is 0.404. The maximum atomic E-state index is 13.0. The molecule has 1 aliphatic heterocycles. The van der Waals surface area contributed by atoms with Crippen LogP contribution in [0.15, 0.2) is 30.3 Å². The van der Waals surface area contributed by atoms with Crippen LogP contribution in [0.4, 0.5) is 11.4 Å². The van der Waals surface area contributed by atoms with Gasteiger partial charge in [-0.25, -0.2) is 0 Å². The van der Waals surface area contributed by atoms with Crippen LogP contribution in [0.3, 0.4) is 0 Å². The summed E-state index contributed by atoms with van der Waals surface area (Å²) in [4.78, 5) is 24.9. The van der Waals surface area contributed by atoms with Crippen molar-refractivity contribution in [3.05, 3.63) is 61.6 Å². The number of non-ortho nitro benzene ring substituents is 1. The number of hydrogen-bond donors (Lipinski definition) is 0. The molecule has 2 aromatic rings. The average Bonchev–Trinajstić information content (AvgIpc) is 2.99. The summed E-state index contributed by atoms with van der Waals surface area (Å²) < 4.78 is 5.22. The van der Waals surface area contributed by atoms with Crippen LogP contribution in [0.1, 0.15) is 15.9 Å². The Labute approximate surface area is 147 Å². The fourth-order valence-corrected chi connectivity index (χ4v) is 3.22. The molecule has 0 radical (unpaired) electrons. The Hall–Kier alpha value is -2.31. The van der Waals surface area contributed by atoms with Crippen molar-refractivity contribution in [3.8, 4) is 5.75 Å². The molecule has 0 aliphatic carbocycles. The van der Waals surface area contributed by atoms with Crippen molar-refractivity contribution in [1.82, 2.24) is 0 Å². The third-order valence-electron chi connectivity index (χ3n) is 3.90. The van der Waals surface area contributed by atoms with Crippen molar-refractivity contribution in [2.45, 2.75) is 6.42 Å². The maximum Gasteiger partial charge on any atom is 0.271 e. The number of carbonyl (C=O) groups is 1. The lowest BCUT2D eigenvalue weighted by Gasteiger charge is -2.20. The molecular weight excluding hydrogens is 355 g/mol. The molecule has 0 bridgehead atoms. The normalized spacial score (nSPS) is 12.9. The lowest BCUT2D eigenvalue weighted by molar-refractivity contribution is -0.384. The first-order chi connectivity index (χ1) is 11.4. The molecule has 3 rings (SSSR count). The van der Waals surface area contributed by atoms with Crippen molar-refractivity contribution in [2.24, 2.45) is 0 Å². The Balaban J connectivity index is 2.08. The number of amides is 1. The molecule has 0 N–H and O–H groups in total. The highest BCUT2D eigenvalue weighted by Crippen LogP contribution is 2.38. The molecule has 0 fully saturated rings. The van der Waals surface area contributed by atoms with E-state index in [0.717, 1.165) is 5.56 Å². The largest absolute Gasteiger partial charge is 0.494 e. The zero-order chi connectivity index (χ0) is 17.4. The standard InChI is InChI=1S/C16H12Cl2N2O4/c1-24-15-12(18)5-4-11(17)14(15)16(21)19-7-6-9-2-3-10(20(22)23)8-13(9)19/h2-5,8H,6-7H2,1H3. The van der Waals surface area contributed by atoms with Gasteiger partial charge in [-0.2, -0.15) is 0 Å². The first kappa shape index (κ1) is 16.5. The number of nitro benzene ring substituents is 1. The van der Waals surface area contributed by atoms with Gasteiger partial charge in [0.1, 0.15) is 5.56 Å². The van der Waals surface area contributed by atoms with E-state index in [2.05, 4.69) is 0 Å². The second kappa shape index (κ2) is 6.30. The molecule has 0 saturated heterocycles. The second-order valence-electron chi connectivity index (χ2n) is 5.21. The van der Waals surface area contributed by atoms with Crippen molar-refractivity contribution in [3.63, 3.8) is 0 Å². The number of nitro groups is 1. The monoisotopic (exact) mass is 366 g/mol. The van der Waals surface area contributed by atoms with Crippen LogP contribution in [0.5, 0.6) is 5.75 Å². The lowest BCUT2D eigenvalue weighted by Crippen LogP contribution is -2.29. The van der Waals surface area contributed by atoms with E-state index < -0.39 is 10.8 Å². The van der Waals surface area contributed by atoms with Gasteiger partial charge in [-0.3, -0.25) is 14.9 Å². The average molecular weight is 367 g/mol. The van der Waals surface area contributed by atoms with Gasteiger partial charge in [0.15, 0.2) is 5.75 Å². The van der Waals surface area contributed by atoms with Gasteiger partial charge in [-0.1, -0.05) is 29.3 Å². The van der Waals surface area contributed by atoms with E-state index in [1.54, 1.807) is 12.1 Å². The quantitative estimate of drug-likeness (QED) is 0.605. The van der Waals surface area contributed by atoms with Gasteiger partial charge in [0.2, 0.25) is 0 Å². The first-order valence-corrected chi connectivity index (χ1v) is 7.80. The van der Waals surface area contributed by atoms with Crippen molar-refractivity contribution in [1.29, 1.82) is 0 Å². The van der Waals surface area contributed by atoms with E-state index >= 15 is 0 Å². The summed E-state index contributed by atoms with van der Waals surface area (Å²) in [7, 11) is 1.40. The van der Waals surface area contributed by atoms with Crippen molar-refractivity contribution < 1.29 is 14.5 Å². The van der Waals surface area contributed by atoms with Crippen LogP contribution < -0.4 is 9.64 Å². The second-order valence-corrected chi connectivity index (χ2v) is 6.03. The smallest absolute Gasteiger partial charge is 0.271 e. The zero-order valence-electron chi connectivity index (χ0n) is 12.6. The molecular formula is C16H12Cl2N2O4. The molecule has 1 amide bonds. The number of fused-ring (bicyclic) bond motifs is 1. The molecule has 0 unspecified atom stereocenters. The van der Waals surface area contributed by atoms with Gasteiger partial charge in [-0.15, -0.1) is 0 Å². The predicted octanol–water partition coefficient (Wildman–Crippen LogP) is 4.11. The molecule has 0 saturated carbocycles. The Kier molecular flexibility index (Phi) is 4.34. The van der Waals surface area contributed by atoms with Crippen molar-refractivity contribution in [2.75, 3.05) is 18.6 Å². The minimum absolute atomic E-state index is 0.0717. The van der Waals surface area contributed by atoms with Gasteiger partial charge < -0.3 is 9.64 Å². The van der Waals surface area contributed by atoms with Crippen LogP contribution in [-0.4, -0.2) is 24.5 Å². The van der Waals surface area contributed by atoms with Gasteiger partial charge in [0, 0.05) is 18.7 Å².